The monoisotopic (exact) mass is 233 g/mol. The van der Waals surface area contributed by atoms with Crippen molar-refractivity contribution in [2.24, 2.45) is 0 Å². The van der Waals surface area contributed by atoms with Crippen LogP contribution >= 0.6 is 0 Å². The SMILES string of the molecule is CC(C)c1c(C=O)nnn1CC(F)(F)CO. The number of carbonyl (C=O) groups is 1. The number of hydrogen-bond acceptors (Lipinski definition) is 4. The van der Waals surface area contributed by atoms with Gasteiger partial charge in [0.25, 0.3) is 5.92 Å². The lowest BCUT2D eigenvalue weighted by molar-refractivity contribution is -0.0661. The Hall–Kier alpha value is -1.37. The van der Waals surface area contributed by atoms with Gasteiger partial charge in [0, 0.05) is 0 Å². The summed E-state index contributed by atoms with van der Waals surface area (Å²) in [5, 5.41) is 15.5. The fraction of sp³-hybridized carbons (Fsp3) is 0.667. The summed E-state index contributed by atoms with van der Waals surface area (Å²) < 4.78 is 26.9. The predicted octanol–water partition coefficient (Wildman–Crippen LogP) is 0.842. The topological polar surface area (TPSA) is 68.0 Å². The van der Waals surface area contributed by atoms with Crippen LogP contribution in [0.1, 0.15) is 35.9 Å². The van der Waals surface area contributed by atoms with Crippen molar-refractivity contribution in [1.29, 1.82) is 0 Å². The second-order valence-corrected chi connectivity index (χ2v) is 3.80. The molecule has 16 heavy (non-hydrogen) atoms. The first-order valence-electron chi connectivity index (χ1n) is 4.78. The van der Waals surface area contributed by atoms with Crippen LogP contribution in [0.15, 0.2) is 0 Å². The lowest BCUT2D eigenvalue weighted by Gasteiger charge is -2.15. The highest BCUT2D eigenvalue weighted by atomic mass is 19.3. The Kier molecular flexibility index (Phi) is 3.69. The summed E-state index contributed by atoms with van der Waals surface area (Å²) in [6.45, 7) is 1.46. The lowest BCUT2D eigenvalue weighted by atomic mass is 10.1. The highest BCUT2D eigenvalue weighted by Crippen LogP contribution is 2.21. The summed E-state index contributed by atoms with van der Waals surface area (Å²) >= 11 is 0. The molecule has 0 spiro atoms. The standard InChI is InChI=1S/C9H13F2N3O2/c1-6(2)8-7(3-15)12-13-14(8)4-9(10,11)5-16/h3,6,16H,4-5H2,1-2H3. The second-order valence-electron chi connectivity index (χ2n) is 3.80. The Morgan fingerprint density at radius 3 is 2.62 bits per heavy atom. The van der Waals surface area contributed by atoms with E-state index in [4.69, 9.17) is 5.11 Å². The van der Waals surface area contributed by atoms with Gasteiger partial charge in [-0.15, -0.1) is 5.10 Å². The van der Waals surface area contributed by atoms with Crippen LogP contribution in [0.4, 0.5) is 8.78 Å². The van der Waals surface area contributed by atoms with Gasteiger partial charge in [0.1, 0.15) is 18.8 Å². The molecule has 0 aliphatic carbocycles. The molecule has 0 bridgehead atoms. The van der Waals surface area contributed by atoms with Crippen LogP contribution in [-0.2, 0) is 6.54 Å². The van der Waals surface area contributed by atoms with Crippen LogP contribution in [0.2, 0.25) is 0 Å². The van der Waals surface area contributed by atoms with Crippen molar-refractivity contribution in [2.45, 2.75) is 32.2 Å². The number of alkyl halides is 2. The van der Waals surface area contributed by atoms with Gasteiger partial charge < -0.3 is 5.11 Å². The average molecular weight is 233 g/mol. The maximum Gasteiger partial charge on any atom is 0.289 e. The van der Waals surface area contributed by atoms with Crippen molar-refractivity contribution in [3.63, 3.8) is 0 Å². The molecule has 0 atom stereocenters. The minimum Gasteiger partial charge on any atom is -0.390 e. The first-order chi connectivity index (χ1) is 7.41. The Morgan fingerprint density at radius 1 is 1.56 bits per heavy atom. The number of hydrogen-bond donors (Lipinski definition) is 1. The third-order valence-corrected chi connectivity index (χ3v) is 2.07. The van der Waals surface area contributed by atoms with E-state index in [2.05, 4.69) is 10.3 Å². The minimum absolute atomic E-state index is 0.0590. The molecule has 0 unspecified atom stereocenters. The normalized spacial score (nSPS) is 12.1. The van der Waals surface area contributed by atoms with E-state index in [1.807, 2.05) is 0 Å². The quantitative estimate of drug-likeness (QED) is 0.765. The van der Waals surface area contributed by atoms with Gasteiger partial charge in [-0.1, -0.05) is 19.1 Å². The molecule has 1 rings (SSSR count). The smallest absolute Gasteiger partial charge is 0.289 e. The molecular weight excluding hydrogens is 220 g/mol. The summed E-state index contributed by atoms with van der Waals surface area (Å²) in [5.41, 5.74) is 0.409. The van der Waals surface area contributed by atoms with Crippen LogP contribution < -0.4 is 0 Å². The van der Waals surface area contributed by atoms with Gasteiger partial charge in [0.15, 0.2) is 6.29 Å². The Bertz CT molecular complexity index is 377. The predicted molar refractivity (Wildman–Crippen MR) is 51.5 cm³/mol. The van der Waals surface area contributed by atoms with E-state index in [1.54, 1.807) is 13.8 Å². The number of halogens is 2. The molecule has 0 radical (unpaired) electrons. The highest BCUT2D eigenvalue weighted by molar-refractivity contribution is 5.73. The Balaban J connectivity index is 3.05. The van der Waals surface area contributed by atoms with Crippen LogP contribution in [-0.4, -0.2) is 38.9 Å². The van der Waals surface area contributed by atoms with Crippen molar-refractivity contribution in [3.8, 4) is 0 Å². The number of aliphatic hydroxyl groups excluding tert-OH is 1. The van der Waals surface area contributed by atoms with Gasteiger partial charge >= 0.3 is 0 Å². The molecule has 5 nitrogen and oxygen atoms in total. The minimum atomic E-state index is -3.27. The third-order valence-electron chi connectivity index (χ3n) is 2.07. The molecule has 7 heteroatoms. The van der Waals surface area contributed by atoms with Crippen molar-refractivity contribution >= 4 is 6.29 Å². The van der Waals surface area contributed by atoms with Gasteiger partial charge in [-0.2, -0.15) is 0 Å². The second kappa shape index (κ2) is 4.65. The van der Waals surface area contributed by atoms with Crippen LogP contribution in [0.25, 0.3) is 0 Å². The lowest BCUT2D eigenvalue weighted by Crippen LogP contribution is -2.29. The zero-order valence-electron chi connectivity index (χ0n) is 9.02. The number of rotatable bonds is 5. The first kappa shape index (κ1) is 12.7. The van der Waals surface area contributed by atoms with Crippen molar-refractivity contribution < 1.29 is 18.7 Å². The zero-order chi connectivity index (χ0) is 12.3. The van der Waals surface area contributed by atoms with E-state index in [0.29, 0.717) is 12.0 Å². The van der Waals surface area contributed by atoms with Gasteiger partial charge in [-0.3, -0.25) is 4.79 Å². The third kappa shape index (κ3) is 2.60. The fourth-order valence-corrected chi connectivity index (χ4v) is 1.40. The molecule has 1 aromatic rings. The molecular formula is C9H13F2N3O2. The van der Waals surface area contributed by atoms with Gasteiger partial charge in [-0.25, -0.2) is 13.5 Å². The van der Waals surface area contributed by atoms with E-state index in [9.17, 15) is 13.6 Å². The maximum atomic E-state index is 13.0. The Labute approximate surface area is 91.1 Å². The molecule has 0 saturated heterocycles. The molecule has 0 fully saturated rings. The number of aldehydes is 1. The van der Waals surface area contributed by atoms with E-state index in [0.717, 1.165) is 4.68 Å². The van der Waals surface area contributed by atoms with E-state index in [-0.39, 0.29) is 11.6 Å². The number of aromatic nitrogens is 3. The first-order valence-corrected chi connectivity index (χ1v) is 4.78. The summed E-state index contributed by atoms with van der Waals surface area (Å²) in [6, 6.07) is 0. The van der Waals surface area contributed by atoms with Crippen LogP contribution in [0.3, 0.4) is 0 Å². The van der Waals surface area contributed by atoms with Crippen molar-refractivity contribution in [2.75, 3.05) is 6.61 Å². The number of carbonyl (C=O) groups excluding carboxylic acids is 1. The molecule has 1 N–H and O–H groups in total. The van der Waals surface area contributed by atoms with Crippen LogP contribution in [0, 0.1) is 0 Å². The highest BCUT2D eigenvalue weighted by Gasteiger charge is 2.31. The largest absolute Gasteiger partial charge is 0.390 e. The molecule has 1 heterocycles. The molecule has 0 aliphatic rings. The molecule has 1 aromatic heterocycles. The van der Waals surface area contributed by atoms with Crippen LogP contribution in [0.5, 0.6) is 0 Å². The number of nitrogens with zero attached hydrogens (tertiary/aromatic N) is 3. The fourth-order valence-electron chi connectivity index (χ4n) is 1.40. The molecule has 0 amide bonds. The van der Waals surface area contributed by atoms with Crippen molar-refractivity contribution in [3.05, 3.63) is 11.4 Å². The summed E-state index contributed by atoms with van der Waals surface area (Å²) in [5.74, 6) is -3.41. The molecule has 0 aromatic carbocycles. The van der Waals surface area contributed by atoms with Gasteiger partial charge in [0.2, 0.25) is 0 Å². The van der Waals surface area contributed by atoms with Gasteiger partial charge in [0.05, 0.1) is 5.69 Å². The Morgan fingerprint density at radius 2 is 2.19 bits per heavy atom. The maximum absolute atomic E-state index is 13.0. The molecule has 0 aliphatic heterocycles. The van der Waals surface area contributed by atoms with Gasteiger partial charge in [-0.05, 0) is 5.92 Å². The van der Waals surface area contributed by atoms with E-state index >= 15 is 0 Å². The average Bonchev–Trinajstić information content (AvgIpc) is 2.60. The molecule has 90 valence electrons. The summed E-state index contributed by atoms with van der Waals surface area (Å²) in [4.78, 5) is 10.6. The van der Waals surface area contributed by atoms with E-state index < -0.39 is 19.1 Å². The zero-order valence-corrected chi connectivity index (χ0v) is 9.02. The van der Waals surface area contributed by atoms with Crippen molar-refractivity contribution in [1.82, 2.24) is 15.0 Å². The van der Waals surface area contributed by atoms with E-state index in [1.165, 1.54) is 0 Å². The summed E-state index contributed by atoms with van der Waals surface area (Å²) in [7, 11) is 0. The molecule has 0 saturated carbocycles. The summed E-state index contributed by atoms with van der Waals surface area (Å²) in [6.07, 6.45) is 0.482. The number of aliphatic hydroxyl groups is 1.